The number of imide groups is 2. The molecule has 1 N–H and O–H groups in total. The molecule has 8 nitrogen and oxygen atoms in total. The first-order valence-electron chi connectivity index (χ1n) is 12.8. The van der Waals surface area contributed by atoms with Gasteiger partial charge in [-0.1, -0.05) is 54.1 Å². The van der Waals surface area contributed by atoms with Gasteiger partial charge < -0.3 is 9.47 Å². The molecule has 9 heteroatoms. The summed E-state index contributed by atoms with van der Waals surface area (Å²) in [7, 11) is 0. The Kier molecular flexibility index (Phi) is 7.85. The summed E-state index contributed by atoms with van der Waals surface area (Å²) in [5.74, 6) is -1.73. The van der Waals surface area contributed by atoms with Crippen molar-refractivity contribution in [2.45, 2.75) is 20.5 Å². The van der Waals surface area contributed by atoms with Gasteiger partial charge in [-0.25, -0.2) is 14.5 Å². The fourth-order valence-corrected chi connectivity index (χ4v) is 4.77. The van der Waals surface area contributed by atoms with Crippen LogP contribution in [0.25, 0.3) is 16.8 Å². The molecule has 4 aromatic rings. The van der Waals surface area contributed by atoms with Crippen LogP contribution in [0.1, 0.15) is 34.0 Å². The van der Waals surface area contributed by atoms with Gasteiger partial charge in [0.2, 0.25) is 0 Å². The molecular weight excluding hydrogens is 544 g/mol. The van der Waals surface area contributed by atoms with Crippen molar-refractivity contribution in [1.29, 1.82) is 0 Å². The Morgan fingerprint density at radius 3 is 2.46 bits per heavy atom. The molecule has 5 rings (SSSR count). The number of urea groups is 1. The number of carbonyl (C=O) groups is 4. The number of fused-ring (bicyclic) bond motifs is 1. The normalized spacial score (nSPS) is 14.4. The molecule has 1 aliphatic rings. The van der Waals surface area contributed by atoms with E-state index in [2.05, 4.69) is 11.4 Å². The summed E-state index contributed by atoms with van der Waals surface area (Å²) in [4.78, 5) is 51.2. The average molecular weight is 569 g/mol. The number of nitrogens with one attached hydrogen (secondary N) is 1. The molecule has 0 radical (unpaired) electrons. The van der Waals surface area contributed by atoms with Crippen molar-refractivity contribution in [1.82, 2.24) is 5.32 Å². The lowest BCUT2D eigenvalue weighted by molar-refractivity contribution is -0.122. The smallest absolute Gasteiger partial charge is 0.338 e. The summed E-state index contributed by atoms with van der Waals surface area (Å²) in [5, 5.41) is 4.69. The van der Waals surface area contributed by atoms with Gasteiger partial charge in [0.25, 0.3) is 11.8 Å². The largest absolute Gasteiger partial charge is 0.487 e. The molecule has 0 atom stereocenters. The quantitative estimate of drug-likeness (QED) is 0.161. The summed E-state index contributed by atoms with van der Waals surface area (Å²) >= 11 is 6.51. The number of rotatable bonds is 7. The Bertz CT molecular complexity index is 1730. The first kappa shape index (κ1) is 27.6. The van der Waals surface area contributed by atoms with Gasteiger partial charge in [-0.2, -0.15) is 0 Å². The average Bonchev–Trinajstić information content (AvgIpc) is 2.96. The number of aryl methyl sites for hydroxylation is 1. The number of halogens is 1. The number of anilines is 1. The van der Waals surface area contributed by atoms with E-state index in [0.29, 0.717) is 22.9 Å². The molecule has 0 aliphatic carbocycles. The molecule has 0 bridgehead atoms. The second-order valence-electron chi connectivity index (χ2n) is 9.29. The van der Waals surface area contributed by atoms with E-state index in [1.165, 1.54) is 30.3 Å². The molecular formula is C32H25ClN2O6. The monoisotopic (exact) mass is 568 g/mol. The first-order chi connectivity index (χ1) is 19.8. The van der Waals surface area contributed by atoms with Crippen LogP contribution in [-0.4, -0.2) is 30.4 Å². The molecule has 1 fully saturated rings. The van der Waals surface area contributed by atoms with E-state index in [1.807, 2.05) is 37.3 Å². The van der Waals surface area contributed by atoms with Gasteiger partial charge in [0.1, 0.15) is 17.9 Å². The number of ether oxygens (including phenoxy) is 2. The minimum atomic E-state index is -0.897. The summed E-state index contributed by atoms with van der Waals surface area (Å²) in [6.45, 7) is 4.23. The Balaban J connectivity index is 1.36. The van der Waals surface area contributed by atoms with Crippen molar-refractivity contribution in [2.75, 3.05) is 11.5 Å². The lowest BCUT2D eigenvalue weighted by Gasteiger charge is -2.26. The van der Waals surface area contributed by atoms with Gasteiger partial charge in [0.15, 0.2) is 0 Å². The van der Waals surface area contributed by atoms with Crippen LogP contribution in [0.3, 0.4) is 0 Å². The maximum absolute atomic E-state index is 13.2. The second-order valence-corrected chi connectivity index (χ2v) is 9.69. The predicted molar refractivity (Wildman–Crippen MR) is 156 cm³/mol. The standard InChI is InChI=1S/C32H25ClN2O6/c1-3-40-31(38)22-11-13-23(14-12-22)35-30(37)25(29(36)34-32(35)39)16-20-9-15-28(27(33)17-20)41-18-26-19(2)8-10-21-6-4-5-7-24(21)26/h4-17H,3,18H2,1-2H3,(H,34,36,39)/b25-16+. The van der Waals surface area contributed by atoms with E-state index in [9.17, 15) is 19.2 Å². The van der Waals surface area contributed by atoms with Crippen molar-refractivity contribution < 1.29 is 28.7 Å². The number of benzene rings is 4. The number of carbonyl (C=O) groups excluding carboxylic acids is 4. The van der Waals surface area contributed by atoms with E-state index in [1.54, 1.807) is 25.1 Å². The third-order valence-corrected chi connectivity index (χ3v) is 6.95. The van der Waals surface area contributed by atoms with Crippen LogP contribution in [-0.2, 0) is 20.9 Å². The summed E-state index contributed by atoms with van der Waals surface area (Å²) < 4.78 is 11.0. The Morgan fingerprint density at radius 1 is 0.976 bits per heavy atom. The van der Waals surface area contributed by atoms with Gasteiger partial charge >= 0.3 is 12.0 Å². The highest BCUT2D eigenvalue weighted by molar-refractivity contribution is 6.39. The molecule has 0 saturated carbocycles. The minimum absolute atomic E-state index is 0.185. The van der Waals surface area contributed by atoms with E-state index >= 15 is 0 Å². The van der Waals surface area contributed by atoms with Gasteiger partial charge in [0, 0.05) is 5.56 Å². The molecule has 0 unspecified atom stereocenters. The number of nitrogens with zero attached hydrogens (tertiary/aromatic N) is 1. The Morgan fingerprint density at radius 2 is 1.73 bits per heavy atom. The fourth-order valence-electron chi connectivity index (χ4n) is 4.53. The fraction of sp³-hybridized carbons (Fsp3) is 0.125. The number of esters is 1. The molecule has 4 amide bonds. The number of barbiturate groups is 1. The maximum atomic E-state index is 13.2. The van der Waals surface area contributed by atoms with Gasteiger partial charge in [-0.3, -0.25) is 14.9 Å². The number of amides is 4. The van der Waals surface area contributed by atoms with Crippen molar-refractivity contribution >= 4 is 58.0 Å². The number of hydrogen-bond donors (Lipinski definition) is 1. The van der Waals surface area contributed by atoms with E-state index in [-0.39, 0.29) is 23.4 Å². The van der Waals surface area contributed by atoms with Crippen molar-refractivity contribution in [2.24, 2.45) is 0 Å². The van der Waals surface area contributed by atoms with Crippen LogP contribution in [0, 0.1) is 6.92 Å². The molecule has 1 aliphatic heterocycles. The van der Waals surface area contributed by atoms with E-state index in [0.717, 1.165) is 26.8 Å². The van der Waals surface area contributed by atoms with Crippen LogP contribution >= 0.6 is 11.6 Å². The Labute approximate surface area is 241 Å². The molecule has 1 saturated heterocycles. The van der Waals surface area contributed by atoms with Crippen LogP contribution in [0.2, 0.25) is 5.02 Å². The van der Waals surface area contributed by atoms with Crippen LogP contribution in [0.15, 0.2) is 84.4 Å². The Hall–Kier alpha value is -4.95. The topological polar surface area (TPSA) is 102 Å². The maximum Gasteiger partial charge on any atom is 0.338 e. The van der Waals surface area contributed by atoms with Crippen LogP contribution in [0.4, 0.5) is 10.5 Å². The lowest BCUT2D eigenvalue weighted by atomic mass is 10.0. The summed E-state index contributed by atoms with van der Waals surface area (Å²) in [5.41, 5.74) is 2.81. The van der Waals surface area contributed by atoms with Crippen molar-refractivity contribution in [3.63, 3.8) is 0 Å². The zero-order valence-electron chi connectivity index (χ0n) is 22.3. The molecule has 1 heterocycles. The third-order valence-electron chi connectivity index (χ3n) is 6.65. The third kappa shape index (κ3) is 5.69. The number of hydrogen-bond acceptors (Lipinski definition) is 6. The predicted octanol–water partition coefficient (Wildman–Crippen LogP) is 6.22. The zero-order valence-corrected chi connectivity index (χ0v) is 23.0. The highest BCUT2D eigenvalue weighted by Crippen LogP contribution is 2.30. The van der Waals surface area contributed by atoms with E-state index < -0.39 is 23.8 Å². The molecule has 206 valence electrons. The van der Waals surface area contributed by atoms with Crippen molar-refractivity contribution in [3.05, 3.63) is 112 Å². The minimum Gasteiger partial charge on any atom is -0.487 e. The lowest BCUT2D eigenvalue weighted by Crippen LogP contribution is -2.54. The SMILES string of the molecule is CCOC(=O)c1ccc(N2C(=O)NC(=O)/C(=C\c3ccc(OCc4c(C)ccc5ccccc45)c(Cl)c3)C2=O)cc1. The van der Waals surface area contributed by atoms with Gasteiger partial charge in [-0.15, -0.1) is 0 Å². The zero-order chi connectivity index (χ0) is 29.1. The van der Waals surface area contributed by atoms with Crippen LogP contribution in [0.5, 0.6) is 5.75 Å². The highest BCUT2D eigenvalue weighted by Gasteiger charge is 2.36. The molecule has 0 aromatic heterocycles. The first-order valence-corrected chi connectivity index (χ1v) is 13.2. The summed E-state index contributed by atoms with van der Waals surface area (Å²) in [6, 6.07) is 21.9. The van der Waals surface area contributed by atoms with Gasteiger partial charge in [0.05, 0.1) is 22.9 Å². The molecule has 4 aromatic carbocycles. The summed E-state index contributed by atoms with van der Waals surface area (Å²) in [6.07, 6.45) is 1.36. The van der Waals surface area contributed by atoms with Gasteiger partial charge in [-0.05, 0) is 78.2 Å². The highest BCUT2D eigenvalue weighted by atomic mass is 35.5. The van der Waals surface area contributed by atoms with Crippen LogP contribution < -0.4 is 15.0 Å². The molecule has 41 heavy (non-hydrogen) atoms. The second kappa shape index (κ2) is 11.7. The molecule has 0 spiro atoms. The van der Waals surface area contributed by atoms with E-state index in [4.69, 9.17) is 21.1 Å². The van der Waals surface area contributed by atoms with Crippen molar-refractivity contribution in [3.8, 4) is 5.75 Å².